The summed E-state index contributed by atoms with van der Waals surface area (Å²) in [7, 11) is 0. The van der Waals surface area contributed by atoms with E-state index >= 15 is 0 Å². The van der Waals surface area contributed by atoms with Crippen LogP contribution in [0.15, 0.2) is 35.5 Å². The second-order valence-corrected chi connectivity index (χ2v) is 6.07. The third-order valence-electron chi connectivity index (χ3n) is 3.55. The van der Waals surface area contributed by atoms with E-state index in [1.54, 1.807) is 12.1 Å². The molecule has 0 spiro atoms. The van der Waals surface area contributed by atoms with Gasteiger partial charge in [0, 0.05) is 11.3 Å². The molecule has 7 heteroatoms. The van der Waals surface area contributed by atoms with Crippen molar-refractivity contribution in [3.8, 4) is 11.5 Å². The van der Waals surface area contributed by atoms with Gasteiger partial charge in [0.25, 0.3) is 5.91 Å². The maximum absolute atomic E-state index is 12.2. The van der Waals surface area contributed by atoms with Crippen LogP contribution in [0.3, 0.4) is 0 Å². The zero-order chi connectivity index (χ0) is 19.1. The summed E-state index contributed by atoms with van der Waals surface area (Å²) in [5.41, 5.74) is 3.30. The van der Waals surface area contributed by atoms with Crippen molar-refractivity contribution in [2.75, 3.05) is 18.5 Å². The lowest BCUT2D eigenvalue weighted by Crippen LogP contribution is -2.21. The quantitative estimate of drug-likeness (QED) is 0.431. The van der Waals surface area contributed by atoms with Crippen molar-refractivity contribution in [3.05, 3.63) is 52.0 Å². The lowest BCUT2D eigenvalue weighted by Gasteiger charge is -2.15. The molecule has 2 rings (SSSR count). The Kier molecular flexibility index (Phi) is 6.86. The highest BCUT2D eigenvalue weighted by Crippen LogP contribution is 2.36. The van der Waals surface area contributed by atoms with Crippen LogP contribution in [-0.2, 0) is 4.79 Å². The fourth-order valence-corrected chi connectivity index (χ4v) is 2.60. The molecule has 26 heavy (non-hydrogen) atoms. The van der Waals surface area contributed by atoms with Crippen molar-refractivity contribution in [1.29, 1.82) is 0 Å². The van der Waals surface area contributed by atoms with E-state index in [2.05, 4.69) is 10.5 Å². The van der Waals surface area contributed by atoms with E-state index in [4.69, 9.17) is 26.3 Å². The Labute approximate surface area is 157 Å². The van der Waals surface area contributed by atoms with Gasteiger partial charge in [0.2, 0.25) is 0 Å². The van der Waals surface area contributed by atoms with Crippen molar-refractivity contribution in [1.82, 2.24) is 0 Å². The fourth-order valence-electron chi connectivity index (χ4n) is 2.33. The van der Waals surface area contributed by atoms with Gasteiger partial charge < -0.3 is 20.0 Å². The maximum atomic E-state index is 12.2. The number of hydrogen-bond donors (Lipinski definition) is 2. The van der Waals surface area contributed by atoms with Crippen molar-refractivity contribution in [2.45, 2.75) is 20.8 Å². The number of rotatable bonds is 7. The summed E-state index contributed by atoms with van der Waals surface area (Å²) in [6, 6.07) is 8.99. The normalized spacial score (nSPS) is 10.8. The van der Waals surface area contributed by atoms with Gasteiger partial charge in [-0.15, -0.1) is 0 Å². The molecule has 0 atom stereocenters. The van der Waals surface area contributed by atoms with Crippen molar-refractivity contribution in [2.24, 2.45) is 5.16 Å². The van der Waals surface area contributed by atoms with Gasteiger partial charge in [0.15, 0.2) is 18.1 Å². The standard InChI is InChI=1S/C19H21ClN2O4/c1-4-25-17-9-14(10-21-24)8-15(20)19(17)26-11-18(23)22-16-7-12(2)5-6-13(16)3/h5-10,24H,4,11H2,1-3H3,(H,22,23)/b21-10+. The van der Waals surface area contributed by atoms with E-state index in [-0.39, 0.29) is 23.3 Å². The molecule has 0 aliphatic carbocycles. The number of oxime groups is 1. The first kappa shape index (κ1) is 19.6. The van der Waals surface area contributed by atoms with Crippen LogP contribution in [0.2, 0.25) is 5.02 Å². The Hall–Kier alpha value is -2.73. The summed E-state index contributed by atoms with van der Waals surface area (Å²) in [6.07, 6.45) is 1.23. The third-order valence-corrected chi connectivity index (χ3v) is 3.83. The Bertz CT molecular complexity index is 821. The highest BCUT2D eigenvalue weighted by atomic mass is 35.5. The van der Waals surface area contributed by atoms with E-state index in [0.29, 0.717) is 17.9 Å². The van der Waals surface area contributed by atoms with Gasteiger partial charge in [0.05, 0.1) is 17.8 Å². The fraction of sp³-hybridized carbons (Fsp3) is 0.263. The number of ether oxygens (including phenoxy) is 2. The van der Waals surface area contributed by atoms with Crippen molar-refractivity contribution >= 4 is 29.4 Å². The van der Waals surface area contributed by atoms with E-state index in [0.717, 1.165) is 16.8 Å². The molecule has 2 aromatic rings. The molecule has 6 nitrogen and oxygen atoms in total. The first-order valence-corrected chi connectivity index (χ1v) is 8.46. The summed E-state index contributed by atoms with van der Waals surface area (Å²) in [6.45, 7) is 5.86. The van der Waals surface area contributed by atoms with Gasteiger partial charge >= 0.3 is 0 Å². The van der Waals surface area contributed by atoms with E-state index in [9.17, 15) is 4.79 Å². The lowest BCUT2D eigenvalue weighted by molar-refractivity contribution is -0.118. The Morgan fingerprint density at radius 2 is 2.04 bits per heavy atom. The largest absolute Gasteiger partial charge is 0.490 e. The molecule has 0 bridgehead atoms. The average molecular weight is 377 g/mol. The highest BCUT2D eigenvalue weighted by molar-refractivity contribution is 6.32. The van der Waals surface area contributed by atoms with Crippen LogP contribution in [-0.4, -0.2) is 30.5 Å². The van der Waals surface area contributed by atoms with Gasteiger partial charge in [0.1, 0.15) is 0 Å². The smallest absolute Gasteiger partial charge is 0.262 e. The van der Waals surface area contributed by atoms with Crippen molar-refractivity contribution < 1.29 is 19.5 Å². The van der Waals surface area contributed by atoms with Crippen LogP contribution in [0.4, 0.5) is 5.69 Å². The summed E-state index contributed by atoms with van der Waals surface area (Å²) < 4.78 is 11.1. The van der Waals surface area contributed by atoms with Crippen LogP contribution in [0, 0.1) is 13.8 Å². The van der Waals surface area contributed by atoms with Crippen LogP contribution >= 0.6 is 11.6 Å². The SMILES string of the molecule is CCOc1cc(/C=N/O)cc(Cl)c1OCC(=O)Nc1cc(C)ccc1C. The number of nitrogens with zero attached hydrogens (tertiary/aromatic N) is 1. The summed E-state index contributed by atoms with van der Waals surface area (Å²) >= 11 is 6.22. The average Bonchev–Trinajstić information content (AvgIpc) is 2.58. The van der Waals surface area contributed by atoms with Gasteiger partial charge in [-0.05, 0) is 50.1 Å². The number of carbonyl (C=O) groups excluding carboxylic acids is 1. The molecule has 0 saturated heterocycles. The van der Waals surface area contributed by atoms with E-state index in [1.807, 2.05) is 39.0 Å². The number of nitrogens with one attached hydrogen (secondary N) is 1. The minimum absolute atomic E-state index is 0.222. The van der Waals surface area contributed by atoms with Gasteiger partial charge in [-0.2, -0.15) is 0 Å². The number of benzene rings is 2. The molecule has 138 valence electrons. The van der Waals surface area contributed by atoms with Gasteiger partial charge in [-0.3, -0.25) is 4.79 Å². The Morgan fingerprint density at radius 3 is 2.73 bits per heavy atom. The van der Waals surface area contributed by atoms with E-state index in [1.165, 1.54) is 6.21 Å². The number of halogens is 1. The lowest BCUT2D eigenvalue weighted by atomic mass is 10.1. The van der Waals surface area contributed by atoms with Crippen LogP contribution in [0.25, 0.3) is 0 Å². The summed E-state index contributed by atoms with van der Waals surface area (Å²) in [4.78, 5) is 12.2. The van der Waals surface area contributed by atoms with Gasteiger partial charge in [-0.25, -0.2) is 0 Å². The molecule has 0 aliphatic rings. The molecule has 0 unspecified atom stereocenters. The van der Waals surface area contributed by atoms with Crippen LogP contribution < -0.4 is 14.8 Å². The molecule has 0 aliphatic heterocycles. The number of anilines is 1. The zero-order valence-electron chi connectivity index (χ0n) is 14.9. The number of carbonyl (C=O) groups is 1. The highest BCUT2D eigenvalue weighted by Gasteiger charge is 2.14. The Balaban J connectivity index is 2.12. The molecule has 2 aromatic carbocycles. The number of amides is 1. The second-order valence-electron chi connectivity index (χ2n) is 5.66. The molecular formula is C19H21ClN2O4. The zero-order valence-corrected chi connectivity index (χ0v) is 15.6. The predicted octanol–water partition coefficient (Wildman–Crippen LogP) is 4.18. The van der Waals surface area contributed by atoms with Crippen molar-refractivity contribution in [3.63, 3.8) is 0 Å². The van der Waals surface area contributed by atoms with Crippen LogP contribution in [0.5, 0.6) is 11.5 Å². The maximum Gasteiger partial charge on any atom is 0.262 e. The second kappa shape index (κ2) is 9.10. The predicted molar refractivity (Wildman–Crippen MR) is 102 cm³/mol. The summed E-state index contributed by atoms with van der Waals surface area (Å²) in [5, 5.41) is 14.7. The van der Waals surface area contributed by atoms with Crippen LogP contribution in [0.1, 0.15) is 23.6 Å². The molecule has 0 aromatic heterocycles. The molecule has 0 heterocycles. The monoisotopic (exact) mass is 376 g/mol. The summed E-state index contributed by atoms with van der Waals surface area (Å²) in [5.74, 6) is 0.326. The molecule has 0 saturated carbocycles. The molecule has 0 fully saturated rings. The van der Waals surface area contributed by atoms with E-state index < -0.39 is 0 Å². The molecule has 1 amide bonds. The number of aryl methyl sites for hydroxylation is 2. The molecular weight excluding hydrogens is 356 g/mol. The first-order valence-electron chi connectivity index (χ1n) is 8.08. The molecule has 0 radical (unpaired) electrons. The Morgan fingerprint density at radius 1 is 1.27 bits per heavy atom. The molecule has 2 N–H and O–H groups in total. The third kappa shape index (κ3) is 5.13. The first-order chi connectivity index (χ1) is 12.4. The minimum atomic E-state index is -0.307. The number of hydrogen-bond acceptors (Lipinski definition) is 5. The minimum Gasteiger partial charge on any atom is -0.490 e. The van der Waals surface area contributed by atoms with Gasteiger partial charge in [-0.1, -0.05) is 28.9 Å². The topological polar surface area (TPSA) is 80.2 Å².